The van der Waals surface area contributed by atoms with E-state index in [0.29, 0.717) is 0 Å². The molecule has 1 heterocycles. The summed E-state index contributed by atoms with van der Waals surface area (Å²) in [5.74, 6) is 0. The Labute approximate surface area is 77.0 Å². The SMILES string of the molecule is C=c1/c(=C\C)oc2cc(C)ccc12. The second-order valence-electron chi connectivity index (χ2n) is 3.23. The van der Waals surface area contributed by atoms with Gasteiger partial charge in [-0.15, -0.1) is 0 Å². The zero-order valence-electron chi connectivity index (χ0n) is 7.92. The lowest BCUT2D eigenvalue weighted by Gasteiger charge is -1.89. The molecular weight excluding hydrogens is 160 g/mol. The number of benzene rings is 1. The van der Waals surface area contributed by atoms with Crippen molar-refractivity contribution in [3.63, 3.8) is 0 Å². The third-order valence-electron chi connectivity index (χ3n) is 2.24. The van der Waals surface area contributed by atoms with E-state index in [-0.39, 0.29) is 0 Å². The number of hydrogen-bond acceptors (Lipinski definition) is 1. The van der Waals surface area contributed by atoms with Gasteiger partial charge < -0.3 is 4.42 Å². The Kier molecular flexibility index (Phi) is 1.73. The van der Waals surface area contributed by atoms with Crippen molar-refractivity contribution in [3.8, 4) is 0 Å². The summed E-state index contributed by atoms with van der Waals surface area (Å²) >= 11 is 0. The van der Waals surface area contributed by atoms with Gasteiger partial charge >= 0.3 is 0 Å². The fourth-order valence-electron chi connectivity index (χ4n) is 1.51. The van der Waals surface area contributed by atoms with Crippen LogP contribution in [0.5, 0.6) is 0 Å². The molecule has 2 aromatic rings. The molecule has 0 amide bonds. The zero-order valence-corrected chi connectivity index (χ0v) is 7.92. The highest BCUT2D eigenvalue weighted by atomic mass is 16.3. The lowest BCUT2D eigenvalue weighted by molar-refractivity contribution is 0.575. The molecule has 66 valence electrons. The summed E-state index contributed by atoms with van der Waals surface area (Å²) in [6, 6.07) is 6.17. The number of furan rings is 1. The van der Waals surface area contributed by atoms with Gasteiger partial charge in [-0.1, -0.05) is 18.7 Å². The number of aryl methyl sites for hydroxylation is 1. The van der Waals surface area contributed by atoms with Gasteiger partial charge in [0.1, 0.15) is 11.0 Å². The predicted molar refractivity (Wildman–Crippen MR) is 55.9 cm³/mol. The minimum atomic E-state index is 0.876. The average molecular weight is 172 g/mol. The maximum Gasteiger partial charge on any atom is 0.135 e. The van der Waals surface area contributed by atoms with Gasteiger partial charge in [-0.05, 0) is 31.6 Å². The Bertz CT molecular complexity index is 546. The van der Waals surface area contributed by atoms with Crippen LogP contribution in [0.3, 0.4) is 0 Å². The highest BCUT2D eigenvalue weighted by molar-refractivity contribution is 5.78. The van der Waals surface area contributed by atoms with Crippen LogP contribution < -0.4 is 10.6 Å². The van der Waals surface area contributed by atoms with Gasteiger partial charge in [0.15, 0.2) is 0 Å². The van der Waals surface area contributed by atoms with Gasteiger partial charge in [-0.3, -0.25) is 0 Å². The van der Waals surface area contributed by atoms with E-state index in [4.69, 9.17) is 4.42 Å². The quantitative estimate of drug-likeness (QED) is 0.592. The summed E-state index contributed by atoms with van der Waals surface area (Å²) in [6.07, 6.45) is 1.94. The maximum absolute atomic E-state index is 5.61. The van der Waals surface area contributed by atoms with E-state index in [1.807, 2.05) is 19.1 Å². The van der Waals surface area contributed by atoms with Crippen LogP contribution >= 0.6 is 0 Å². The molecule has 0 radical (unpaired) electrons. The number of rotatable bonds is 0. The molecule has 13 heavy (non-hydrogen) atoms. The molecule has 1 aromatic heterocycles. The van der Waals surface area contributed by atoms with Crippen molar-refractivity contribution >= 4 is 23.6 Å². The molecule has 0 fully saturated rings. The van der Waals surface area contributed by atoms with Crippen LogP contribution in [-0.4, -0.2) is 0 Å². The van der Waals surface area contributed by atoms with Crippen LogP contribution in [0.15, 0.2) is 22.6 Å². The summed E-state index contributed by atoms with van der Waals surface area (Å²) in [7, 11) is 0. The number of fused-ring (bicyclic) bond motifs is 1. The molecule has 0 saturated heterocycles. The molecule has 0 atom stereocenters. The van der Waals surface area contributed by atoms with Crippen LogP contribution in [0.1, 0.15) is 12.5 Å². The van der Waals surface area contributed by atoms with Gasteiger partial charge in [-0.2, -0.15) is 0 Å². The van der Waals surface area contributed by atoms with E-state index in [2.05, 4.69) is 25.6 Å². The third-order valence-corrected chi connectivity index (χ3v) is 2.24. The van der Waals surface area contributed by atoms with Crippen molar-refractivity contribution in [1.29, 1.82) is 0 Å². The first kappa shape index (κ1) is 8.11. The minimum Gasteiger partial charge on any atom is -0.456 e. The normalized spacial score (nSPS) is 12.6. The molecule has 1 aromatic carbocycles. The highest BCUT2D eigenvalue weighted by Crippen LogP contribution is 2.10. The van der Waals surface area contributed by atoms with Crippen LogP contribution in [-0.2, 0) is 0 Å². The largest absolute Gasteiger partial charge is 0.456 e. The van der Waals surface area contributed by atoms with Crippen LogP contribution in [0.4, 0.5) is 0 Å². The first-order valence-electron chi connectivity index (χ1n) is 4.37. The molecule has 1 nitrogen and oxygen atoms in total. The lowest BCUT2D eigenvalue weighted by Crippen LogP contribution is -2.16. The summed E-state index contributed by atoms with van der Waals surface area (Å²) in [5, 5.41) is 2.09. The van der Waals surface area contributed by atoms with Crippen LogP contribution in [0.2, 0.25) is 0 Å². The molecule has 0 N–H and O–H groups in total. The second-order valence-corrected chi connectivity index (χ2v) is 3.23. The molecule has 0 bridgehead atoms. The van der Waals surface area contributed by atoms with E-state index in [9.17, 15) is 0 Å². The van der Waals surface area contributed by atoms with Gasteiger partial charge in [0.25, 0.3) is 0 Å². The van der Waals surface area contributed by atoms with Crippen molar-refractivity contribution in [2.75, 3.05) is 0 Å². The Morgan fingerprint density at radius 2 is 2.15 bits per heavy atom. The third kappa shape index (κ3) is 1.17. The lowest BCUT2D eigenvalue weighted by atomic mass is 10.2. The molecule has 2 rings (SSSR count). The predicted octanol–water partition coefficient (Wildman–Crippen LogP) is 1.95. The minimum absolute atomic E-state index is 0.876. The molecule has 0 aliphatic carbocycles. The maximum atomic E-state index is 5.61. The molecular formula is C12H12O. The van der Waals surface area contributed by atoms with E-state index < -0.39 is 0 Å². The van der Waals surface area contributed by atoms with Gasteiger partial charge in [0.05, 0.1) is 0 Å². The summed E-state index contributed by atoms with van der Waals surface area (Å²) < 4.78 is 5.61. The molecule has 0 spiro atoms. The summed E-state index contributed by atoms with van der Waals surface area (Å²) in [6.45, 7) is 8.00. The highest BCUT2D eigenvalue weighted by Gasteiger charge is 1.99. The Balaban J connectivity index is 3.01. The fourth-order valence-corrected chi connectivity index (χ4v) is 1.51. The standard InChI is InChI=1S/C12H12O/c1-4-11-9(3)10-6-5-8(2)7-12(10)13-11/h4-7H,3H2,1-2H3/b11-4+. The van der Waals surface area contributed by atoms with Gasteiger partial charge in [0, 0.05) is 10.6 Å². The summed E-state index contributed by atoms with van der Waals surface area (Å²) in [5.41, 5.74) is 3.02. The van der Waals surface area contributed by atoms with Crippen molar-refractivity contribution in [1.82, 2.24) is 0 Å². The van der Waals surface area contributed by atoms with E-state index >= 15 is 0 Å². The summed E-state index contributed by atoms with van der Waals surface area (Å²) in [4.78, 5) is 0. The van der Waals surface area contributed by atoms with Crippen LogP contribution in [0.25, 0.3) is 23.6 Å². The monoisotopic (exact) mass is 172 g/mol. The molecule has 0 aliphatic rings. The molecule has 1 heteroatoms. The van der Waals surface area contributed by atoms with Crippen molar-refractivity contribution in [2.24, 2.45) is 0 Å². The smallest absolute Gasteiger partial charge is 0.135 e. The number of hydrogen-bond donors (Lipinski definition) is 0. The molecule has 0 unspecified atom stereocenters. The van der Waals surface area contributed by atoms with E-state index in [1.54, 1.807) is 0 Å². The average Bonchev–Trinajstić information content (AvgIpc) is 2.42. The van der Waals surface area contributed by atoms with Gasteiger partial charge in [0.2, 0.25) is 0 Å². The van der Waals surface area contributed by atoms with E-state index in [1.165, 1.54) is 5.56 Å². The van der Waals surface area contributed by atoms with Crippen LogP contribution in [0, 0.1) is 6.92 Å². The van der Waals surface area contributed by atoms with Crippen molar-refractivity contribution in [2.45, 2.75) is 13.8 Å². The Morgan fingerprint density at radius 1 is 1.38 bits per heavy atom. The zero-order chi connectivity index (χ0) is 9.42. The van der Waals surface area contributed by atoms with E-state index in [0.717, 1.165) is 21.6 Å². The Hall–Kier alpha value is -1.50. The Morgan fingerprint density at radius 3 is 2.85 bits per heavy atom. The van der Waals surface area contributed by atoms with Gasteiger partial charge in [-0.25, -0.2) is 0 Å². The molecule has 0 saturated carbocycles. The van der Waals surface area contributed by atoms with Crippen molar-refractivity contribution < 1.29 is 4.42 Å². The topological polar surface area (TPSA) is 13.1 Å². The second kappa shape index (κ2) is 2.77. The first-order chi connectivity index (χ1) is 6.22. The molecule has 0 aliphatic heterocycles. The first-order valence-corrected chi connectivity index (χ1v) is 4.37. The van der Waals surface area contributed by atoms with Crippen molar-refractivity contribution in [3.05, 3.63) is 34.4 Å². The fraction of sp³-hybridized carbons (Fsp3) is 0.167.